The van der Waals surface area contributed by atoms with Gasteiger partial charge in [-0.25, -0.2) is 0 Å². The van der Waals surface area contributed by atoms with Crippen molar-refractivity contribution in [3.63, 3.8) is 0 Å². The smallest absolute Gasteiger partial charge is 0.123 e. The second kappa shape index (κ2) is 1.18. The monoisotopic (exact) mass is 88.1 g/mol. The van der Waals surface area contributed by atoms with E-state index in [4.69, 9.17) is 16.2 Å². The van der Waals surface area contributed by atoms with Gasteiger partial charge in [0.25, 0.3) is 0 Å². The van der Waals surface area contributed by atoms with Crippen molar-refractivity contribution in [2.75, 3.05) is 6.61 Å². The Bertz CT molecular complexity index is 48.8. The molecule has 36 valence electrons. The molecule has 1 aliphatic heterocycles. The maximum absolute atomic E-state index is 5.27. The van der Waals surface area contributed by atoms with Crippen molar-refractivity contribution in [3.05, 3.63) is 0 Å². The minimum Gasteiger partial charge on any atom is -0.360 e. The van der Waals surface area contributed by atoms with E-state index < -0.39 is 0 Å². The number of hydrogen-bond acceptors (Lipinski definition) is 3. The predicted octanol–water partition coefficient (Wildman–Crippen LogP) is -1.37. The van der Waals surface area contributed by atoms with E-state index in [9.17, 15) is 0 Å². The van der Waals surface area contributed by atoms with E-state index in [1.54, 1.807) is 0 Å². The van der Waals surface area contributed by atoms with Gasteiger partial charge in [-0.1, -0.05) is 0 Å². The van der Waals surface area contributed by atoms with Crippen LogP contribution in [0.1, 0.15) is 0 Å². The molecule has 1 saturated heterocycles. The highest BCUT2D eigenvalue weighted by molar-refractivity contribution is 4.75. The van der Waals surface area contributed by atoms with Crippen LogP contribution in [0.15, 0.2) is 0 Å². The van der Waals surface area contributed by atoms with Gasteiger partial charge in [0.15, 0.2) is 0 Å². The van der Waals surface area contributed by atoms with E-state index in [2.05, 4.69) is 0 Å². The van der Waals surface area contributed by atoms with Crippen LogP contribution in [0.5, 0.6) is 0 Å². The molecular formula is C3H8N2O. The molecule has 1 rings (SSSR count). The lowest BCUT2D eigenvalue weighted by molar-refractivity contribution is -0.0679. The minimum absolute atomic E-state index is 0.0880. The first-order valence-corrected chi connectivity index (χ1v) is 1.93. The van der Waals surface area contributed by atoms with Crippen LogP contribution in [0.2, 0.25) is 0 Å². The number of rotatable bonds is 0. The minimum atomic E-state index is -0.190. The topological polar surface area (TPSA) is 61.3 Å². The van der Waals surface area contributed by atoms with Crippen molar-refractivity contribution in [1.29, 1.82) is 0 Å². The normalized spacial score (nSPS) is 45.0. The van der Waals surface area contributed by atoms with Crippen molar-refractivity contribution >= 4 is 0 Å². The van der Waals surface area contributed by atoms with E-state index in [-0.39, 0.29) is 12.3 Å². The molecule has 2 atom stereocenters. The largest absolute Gasteiger partial charge is 0.360 e. The maximum atomic E-state index is 5.27. The lowest BCUT2D eigenvalue weighted by Crippen LogP contribution is -2.56. The standard InChI is InChI=1S/C3H8N2O/c4-2-1-6-3(2)5/h2-3H,1,4-5H2. The fourth-order valence-electron chi connectivity index (χ4n) is 0.318. The van der Waals surface area contributed by atoms with Crippen molar-refractivity contribution in [1.82, 2.24) is 0 Å². The van der Waals surface area contributed by atoms with E-state index in [0.29, 0.717) is 6.61 Å². The average molecular weight is 88.1 g/mol. The summed E-state index contributed by atoms with van der Waals surface area (Å²) in [5.41, 5.74) is 10.4. The summed E-state index contributed by atoms with van der Waals surface area (Å²) in [6.45, 7) is 0.626. The first-order valence-electron chi connectivity index (χ1n) is 1.93. The first-order chi connectivity index (χ1) is 2.80. The Kier molecular flexibility index (Phi) is 0.799. The summed E-state index contributed by atoms with van der Waals surface area (Å²) in [4.78, 5) is 0. The molecule has 3 nitrogen and oxygen atoms in total. The second-order valence-electron chi connectivity index (χ2n) is 1.46. The predicted molar refractivity (Wildman–Crippen MR) is 21.9 cm³/mol. The van der Waals surface area contributed by atoms with Gasteiger partial charge in [-0.15, -0.1) is 0 Å². The van der Waals surface area contributed by atoms with E-state index >= 15 is 0 Å². The van der Waals surface area contributed by atoms with Crippen molar-refractivity contribution in [2.45, 2.75) is 12.3 Å². The van der Waals surface area contributed by atoms with E-state index in [0.717, 1.165) is 0 Å². The van der Waals surface area contributed by atoms with Crippen molar-refractivity contribution in [3.8, 4) is 0 Å². The molecule has 0 aliphatic carbocycles. The molecule has 6 heavy (non-hydrogen) atoms. The molecule has 2 unspecified atom stereocenters. The van der Waals surface area contributed by atoms with Crippen LogP contribution in [0.4, 0.5) is 0 Å². The van der Waals surface area contributed by atoms with Gasteiger partial charge in [0, 0.05) is 0 Å². The van der Waals surface area contributed by atoms with Gasteiger partial charge in [-0.2, -0.15) is 0 Å². The van der Waals surface area contributed by atoms with Crippen LogP contribution in [0, 0.1) is 0 Å². The molecule has 1 fully saturated rings. The molecule has 3 heteroatoms. The van der Waals surface area contributed by atoms with Crippen LogP contribution < -0.4 is 11.5 Å². The molecule has 1 aliphatic rings. The number of ether oxygens (including phenoxy) is 1. The lowest BCUT2D eigenvalue weighted by Gasteiger charge is -2.29. The quantitative estimate of drug-likeness (QED) is 0.384. The van der Waals surface area contributed by atoms with Crippen LogP contribution in [-0.4, -0.2) is 18.9 Å². The number of nitrogens with two attached hydrogens (primary N) is 2. The zero-order valence-corrected chi connectivity index (χ0v) is 3.42. The molecule has 0 aromatic carbocycles. The average Bonchev–Trinajstić information content (AvgIpc) is 1.61. The summed E-state index contributed by atoms with van der Waals surface area (Å²) in [6, 6.07) is 0.0880. The van der Waals surface area contributed by atoms with E-state index in [1.807, 2.05) is 0 Å². The van der Waals surface area contributed by atoms with Gasteiger partial charge in [0.05, 0.1) is 12.6 Å². The summed E-state index contributed by atoms with van der Waals surface area (Å²) in [6.07, 6.45) is -0.190. The second-order valence-corrected chi connectivity index (χ2v) is 1.46. The Labute approximate surface area is 36.3 Å². The molecular weight excluding hydrogens is 80.0 g/mol. The highest BCUT2D eigenvalue weighted by atomic mass is 16.5. The summed E-state index contributed by atoms with van der Waals surface area (Å²) in [5, 5.41) is 0. The Balaban J connectivity index is 2.20. The zero-order valence-electron chi connectivity index (χ0n) is 3.42. The van der Waals surface area contributed by atoms with E-state index in [1.165, 1.54) is 0 Å². The fourth-order valence-corrected chi connectivity index (χ4v) is 0.318. The Morgan fingerprint density at radius 1 is 1.50 bits per heavy atom. The van der Waals surface area contributed by atoms with Crippen LogP contribution >= 0.6 is 0 Å². The van der Waals surface area contributed by atoms with Gasteiger partial charge in [0.1, 0.15) is 6.23 Å². The van der Waals surface area contributed by atoms with Gasteiger partial charge in [-0.3, -0.25) is 0 Å². The van der Waals surface area contributed by atoms with Gasteiger partial charge in [-0.05, 0) is 0 Å². The van der Waals surface area contributed by atoms with Gasteiger partial charge < -0.3 is 16.2 Å². The Hall–Kier alpha value is -0.120. The Morgan fingerprint density at radius 2 is 2.00 bits per heavy atom. The highest BCUT2D eigenvalue weighted by Gasteiger charge is 2.23. The molecule has 0 saturated carbocycles. The van der Waals surface area contributed by atoms with Crippen molar-refractivity contribution < 1.29 is 4.74 Å². The molecule has 4 N–H and O–H groups in total. The fraction of sp³-hybridized carbons (Fsp3) is 1.00. The van der Waals surface area contributed by atoms with Gasteiger partial charge >= 0.3 is 0 Å². The lowest BCUT2D eigenvalue weighted by atomic mass is 10.2. The Morgan fingerprint density at radius 3 is 2.00 bits per heavy atom. The van der Waals surface area contributed by atoms with Crippen molar-refractivity contribution in [2.24, 2.45) is 11.5 Å². The van der Waals surface area contributed by atoms with Crippen LogP contribution in [0.3, 0.4) is 0 Å². The molecule has 0 aromatic heterocycles. The van der Waals surface area contributed by atoms with Crippen LogP contribution in [-0.2, 0) is 4.74 Å². The summed E-state index contributed by atoms with van der Waals surface area (Å²) in [5.74, 6) is 0. The summed E-state index contributed by atoms with van der Waals surface area (Å²) >= 11 is 0. The molecule has 0 amide bonds. The molecule has 0 bridgehead atoms. The van der Waals surface area contributed by atoms with Gasteiger partial charge in [0.2, 0.25) is 0 Å². The third kappa shape index (κ3) is 0.408. The molecule has 0 aromatic rings. The summed E-state index contributed by atoms with van der Waals surface area (Å²) < 4.78 is 4.70. The number of hydrogen-bond donors (Lipinski definition) is 2. The zero-order chi connectivity index (χ0) is 4.57. The molecule has 1 heterocycles. The third-order valence-electron chi connectivity index (χ3n) is 0.903. The highest BCUT2D eigenvalue weighted by Crippen LogP contribution is 2.01. The molecule has 0 radical (unpaired) electrons. The van der Waals surface area contributed by atoms with Crippen LogP contribution in [0.25, 0.3) is 0 Å². The molecule has 0 spiro atoms. The third-order valence-corrected chi connectivity index (χ3v) is 0.903. The summed E-state index contributed by atoms with van der Waals surface area (Å²) in [7, 11) is 0. The first kappa shape index (κ1) is 4.05. The maximum Gasteiger partial charge on any atom is 0.123 e. The SMILES string of the molecule is NC1COC1N.